The summed E-state index contributed by atoms with van der Waals surface area (Å²) >= 11 is 1.42. The molecule has 0 fully saturated rings. The number of benzene rings is 3. The van der Waals surface area contributed by atoms with Crippen LogP contribution in [-0.2, 0) is 0 Å². The van der Waals surface area contributed by atoms with Gasteiger partial charge >= 0.3 is 0 Å². The summed E-state index contributed by atoms with van der Waals surface area (Å²) in [6.07, 6.45) is 1.77. The van der Waals surface area contributed by atoms with Gasteiger partial charge in [0.25, 0.3) is 0 Å². The molecule has 0 atom stereocenters. The third kappa shape index (κ3) is 4.67. The van der Waals surface area contributed by atoms with Crippen LogP contribution >= 0.6 is 11.3 Å². The summed E-state index contributed by atoms with van der Waals surface area (Å²) in [7, 11) is 0. The van der Waals surface area contributed by atoms with Crippen LogP contribution in [0.2, 0.25) is 0 Å². The molecule has 0 amide bonds. The van der Waals surface area contributed by atoms with Gasteiger partial charge in [0.1, 0.15) is 5.82 Å². The molecule has 1 heterocycles. The third-order valence-electron chi connectivity index (χ3n) is 4.57. The monoisotopic (exact) mass is 413 g/mol. The van der Waals surface area contributed by atoms with E-state index in [0.29, 0.717) is 10.9 Å². The van der Waals surface area contributed by atoms with Gasteiger partial charge < -0.3 is 10.6 Å². The molecular formula is C24H23N5S. The molecule has 0 radical (unpaired) electrons. The Labute approximate surface area is 180 Å². The van der Waals surface area contributed by atoms with Crippen molar-refractivity contribution in [2.45, 2.75) is 13.8 Å². The zero-order valence-corrected chi connectivity index (χ0v) is 17.7. The highest BCUT2D eigenvalue weighted by atomic mass is 32.1. The molecule has 0 unspecified atom stereocenters. The van der Waals surface area contributed by atoms with Crippen molar-refractivity contribution in [1.82, 2.24) is 4.98 Å². The van der Waals surface area contributed by atoms with E-state index >= 15 is 0 Å². The topological polar surface area (TPSA) is 66.5 Å². The second kappa shape index (κ2) is 8.80. The van der Waals surface area contributed by atoms with Gasteiger partial charge in [-0.15, -0.1) is 11.3 Å². The van der Waals surface area contributed by atoms with Gasteiger partial charge in [0, 0.05) is 22.4 Å². The zero-order chi connectivity index (χ0) is 20.9. The Morgan fingerprint density at radius 3 is 2.07 bits per heavy atom. The molecule has 30 heavy (non-hydrogen) atoms. The Balaban J connectivity index is 1.61. The molecule has 6 heteroatoms. The number of rotatable bonds is 6. The number of nitrogens with one attached hydrogen (secondary N) is 1. The number of aryl methyl sites for hydroxylation is 2. The molecule has 0 spiro atoms. The van der Waals surface area contributed by atoms with Crippen molar-refractivity contribution < 1.29 is 0 Å². The molecule has 0 aliphatic carbocycles. The third-order valence-corrected chi connectivity index (χ3v) is 5.33. The fraction of sp³-hybridized carbons (Fsp3) is 0.0833. The summed E-state index contributed by atoms with van der Waals surface area (Å²) in [4.78, 5) is 6.39. The maximum absolute atomic E-state index is 5.62. The average molecular weight is 414 g/mol. The molecule has 3 aromatic carbocycles. The van der Waals surface area contributed by atoms with Crippen LogP contribution in [0, 0.1) is 13.8 Å². The van der Waals surface area contributed by atoms with E-state index in [1.54, 1.807) is 11.6 Å². The van der Waals surface area contributed by atoms with Gasteiger partial charge in [-0.2, -0.15) is 5.10 Å². The first-order chi connectivity index (χ1) is 14.6. The zero-order valence-electron chi connectivity index (χ0n) is 16.9. The molecule has 150 valence electrons. The summed E-state index contributed by atoms with van der Waals surface area (Å²) in [5.41, 5.74) is 15.3. The first-order valence-electron chi connectivity index (χ1n) is 9.62. The van der Waals surface area contributed by atoms with Crippen molar-refractivity contribution in [1.29, 1.82) is 0 Å². The Bertz CT molecular complexity index is 1120. The van der Waals surface area contributed by atoms with E-state index in [4.69, 9.17) is 5.73 Å². The molecule has 0 bridgehead atoms. The van der Waals surface area contributed by atoms with Crippen molar-refractivity contribution in [2.75, 3.05) is 16.1 Å². The Kier molecular flexibility index (Phi) is 5.77. The maximum atomic E-state index is 5.62. The van der Waals surface area contributed by atoms with Gasteiger partial charge in [0.15, 0.2) is 0 Å². The van der Waals surface area contributed by atoms with E-state index in [1.807, 2.05) is 0 Å². The molecular weight excluding hydrogens is 390 g/mol. The fourth-order valence-corrected chi connectivity index (χ4v) is 3.74. The van der Waals surface area contributed by atoms with Gasteiger partial charge in [0.05, 0.1) is 6.21 Å². The van der Waals surface area contributed by atoms with E-state index in [1.165, 1.54) is 22.5 Å². The summed E-state index contributed by atoms with van der Waals surface area (Å²) in [6.45, 7) is 4.22. The van der Waals surface area contributed by atoms with Crippen LogP contribution in [0.4, 0.5) is 28.0 Å². The Hall–Kier alpha value is -3.64. The minimum atomic E-state index is 0.495. The molecule has 3 N–H and O–H groups in total. The predicted molar refractivity (Wildman–Crippen MR) is 128 cm³/mol. The number of hydrogen-bond acceptors (Lipinski definition) is 6. The van der Waals surface area contributed by atoms with Crippen molar-refractivity contribution in [3.63, 3.8) is 0 Å². The molecule has 1 aromatic heterocycles. The second-order valence-corrected chi connectivity index (χ2v) is 7.91. The van der Waals surface area contributed by atoms with Crippen LogP contribution in [-0.4, -0.2) is 11.2 Å². The van der Waals surface area contributed by atoms with Crippen LogP contribution in [0.1, 0.15) is 16.7 Å². The molecule has 5 nitrogen and oxygen atoms in total. The normalized spacial score (nSPS) is 11.0. The molecule has 0 aliphatic rings. The van der Waals surface area contributed by atoms with Crippen LogP contribution in [0.3, 0.4) is 0 Å². The maximum Gasteiger partial charge on any atom is 0.205 e. The number of thiazole rings is 1. The summed E-state index contributed by atoms with van der Waals surface area (Å²) in [6, 6.07) is 25.4. The first kappa shape index (κ1) is 19.7. The van der Waals surface area contributed by atoms with E-state index in [-0.39, 0.29) is 0 Å². The summed E-state index contributed by atoms with van der Waals surface area (Å²) in [5, 5.41) is 6.69. The van der Waals surface area contributed by atoms with E-state index in [2.05, 4.69) is 107 Å². The lowest BCUT2D eigenvalue weighted by Crippen LogP contribution is -2.10. The predicted octanol–water partition coefficient (Wildman–Crippen LogP) is 6.26. The van der Waals surface area contributed by atoms with Crippen LogP contribution in [0.15, 0.2) is 83.3 Å². The molecule has 0 saturated heterocycles. The second-order valence-electron chi connectivity index (χ2n) is 7.05. The highest BCUT2D eigenvalue weighted by Crippen LogP contribution is 2.35. The molecule has 4 rings (SSSR count). The van der Waals surface area contributed by atoms with Gasteiger partial charge in [-0.05, 0) is 66.9 Å². The van der Waals surface area contributed by atoms with Crippen molar-refractivity contribution in [3.05, 3.63) is 94.9 Å². The van der Waals surface area contributed by atoms with E-state index in [0.717, 1.165) is 22.6 Å². The standard InChI is InChI=1S/C24H23N5S/c1-17-5-3-7-21(13-17)29(22-8-4-6-18(2)14-22)20-11-9-19(10-12-20)15-26-28-24-27-23(25)16-30-24/h3-16H,25H2,1-2H3,(H,27,28). The molecule has 0 aliphatic heterocycles. The minimum absolute atomic E-state index is 0.495. The average Bonchev–Trinajstić information content (AvgIpc) is 3.15. The number of hydrogen-bond donors (Lipinski definition) is 2. The largest absolute Gasteiger partial charge is 0.383 e. The number of nitrogens with two attached hydrogens (primary N) is 1. The highest BCUT2D eigenvalue weighted by Gasteiger charge is 2.12. The smallest absolute Gasteiger partial charge is 0.205 e. The van der Waals surface area contributed by atoms with Gasteiger partial charge in [0.2, 0.25) is 5.13 Å². The number of hydrazone groups is 1. The van der Waals surface area contributed by atoms with Crippen molar-refractivity contribution in [3.8, 4) is 0 Å². The van der Waals surface area contributed by atoms with Gasteiger partial charge in [-0.3, -0.25) is 5.43 Å². The van der Waals surface area contributed by atoms with E-state index in [9.17, 15) is 0 Å². The van der Waals surface area contributed by atoms with E-state index < -0.39 is 0 Å². The number of aromatic nitrogens is 1. The lowest BCUT2D eigenvalue weighted by molar-refractivity contribution is 1.26. The Morgan fingerprint density at radius 2 is 1.53 bits per heavy atom. The van der Waals surface area contributed by atoms with Crippen LogP contribution in [0.25, 0.3) is 0 Å². The Morgan fingerprint density at radius 1 is 0.900 bits per heavy atom. The van der Waals surface area contributed by atoms with Crippen LogP contribution < -0.4 is 16.1 Å². The molecule has 0 saturated carbocycles. The summed E-state index contributed by atoms with van der Waals surface area (Å²) in [5.74, 6) is 0.495. The lowest BCUT2D eigenvalue weighted by Gasteiger charge is -2.26. The minimum Gasteiger partial charge on any atom is -0.383 e. The molecule has 4 aromatic rings. The fourth-order valence-electron chi connectivity index (χ4n) is 3.19. The lowest BCUT2D eigenvalue weighted by atomic mass is 10.1. The number of anilines is 5. The summed E-state index contributed by atoms with van der Waals surface area (Å²) < 4.78 is 0. The number of nitrogens with zero attached hydrogens (tertiary/aromatic N) is 3. The van der Waals surface area contributed by atoms with Crippen LogP contribution in [0.5, 0.6) is 0 Å². The van der Waals surface area contributed by atoms with Crippen molar-refractivity contribution >= 4 is 45.6 Å². The quantitative estimate of drug-likeness (QED) is 0.289. The van der Waals surface area contributed by atoms with Gasteiger partial charge in [-0.25, -0.2) is 4.98 Å². The number of nitrogen functional groups attached to an aromatic ring is 1. The van der Waals surface area contributed by atoms with Crippen molar-refractivity contribution in [2.24, 2.45) is 5.10 Å². The first-order valence-corrected chi connectivity index (χ1v) is 10.5. The highest BCUT2D eigenvalue weighted by molar-refractivity contribution is 7.14. The SMILES string of the molecule is Cc1cccc(N(c2ccc(C=NNc3nc(N)cs3)cc2)c2cccc(C)c2)c1. The van der Waals surface area contributed by atoms with Gasteiger partial charge in [-0.1, -0.05) is 36.4 Å².